The van der Waals surface area contributed by atoms with Crippen molar-refractivity contribution in [1.29, 1.82) is 10.5 Å². The Labute approximate surface area is 414 Å². The maximum Gasteiger partial charge on any atom is 0.417 e. The minimum atomic E-state index is -4.91. The second-order valence-electron chi connectivity index (χ2n) is 17.2. The SMILES string of the molecule is N#Cc1ccc(-c2ccc3c(c2)c2cc(-c4ccc(C#N)cc4)ccc2n3-c2c(-c3ccccc3C(F)(F)F)cc(-c3nc(-c4ccccc4)nc(-c4ccccc4)n3)cc2-c2ccccc2C(F)(F)F)cc1. The van der Waals surface area contributed by atoms with Crippen LogP contribution < -0.4 is 0 Å². The van der Waals surface area contributed by atoms with Crippen LogP contribution in [0.1, 0.15) is 22.3 Å². The molecule has 0 aliphatic heterocycles. The molecule has 73 heavy (non-hydrogen) atoms. The van der Waals surface area contributed by atoms with Crippen LogP contribution in [0.4, 0.5) is 26.3 Å². The van der Waals surface area contributed by atoms with Gasteiger partial charge in [0.1, 0.15) is 0 Å². The predicted octanol–water partition coefficient (Wildman–Crippen LogP) is 16.4. The number of benzene rings is 9. The summed E-state index contributed by atoms with van der Waals surface area (Å²) in [7, 11) is 0. The number of halogens is 6. The monoisotopic (exact) mass is 964 g/mol. The molecule has 2 aromatic heterocycles. The molecule has 0 saturated carbocycles. The molecule has 0 spiro atoms. The van der Waals surface area contributed by atoms with Crippen molar-refractivity contribution in [3.63, 3.8) is 0 Å². The highest BCUT2D eigenvalue weighted by Gasteiger charge is 2.37. The van der Waals surface area contributed by atoms with Gasteiger partial charge in [-0.2, -0.15) is 36.9 Å². The normalized spacial score (nSPS) is 11.7. The molecule has 0 saturated heterocycles. The highest BCUT2D eigenvalue weighted by atomic mass is 19.4. The molecule has 0 aliphatic rings. The largest absolute Gasteiger partial charge is 0.417 e. The van der Waals surface area contributed by atoms with E-state index in [2.05, 4.69) is 12.1 Å². The number of nitrogens with zero attached hydrogens (tertiary/aromatic N) is 6. The summed E-state index contributed by atoms with van der Waals surface area (Å²) in [5, 5.41) is 20.4. The standard InChI is InChI=1S/C61H34F6N6/c62-60(63,64)52-17-9-7-15-46(52)50-33-45(59-71-57(41-11-3-1-4-12-41)70-58(72-59)42-13-5-2-6-14-42)34-51(47-16-8-10-18-53(47)61(65,66)67)56(50)73-54-29-27-43(39-23-19-37(35-68)20-24-39)31-48(54)49-32-44(28-30-55(49)73)40-25-21-38(36-69)22-26-40/h1-34H. The van der Waals surface area contributed by atoms with Crippen LogP contribution in [0.25, 0.3) is 106 Å². The van der Waals surface area contributed by atoms with E-state index in [9.17, 15) is 10.5 Å². The molecule has 0 unspecified atom stereocenters. The zero-order valence-corrected chi connectivity index (χ0v) is 38.1. The van der Waals surface area contributed by atoms with Gasteiger partial charge in [-0.1, -0.05) is 133 Å². The molecule has 350 valence electrons. The minimum absolute atomic E-state index is 0.0112. The van der Waals surface area contributed by atoms with E-state index in [1.165, 1.54) is 48.5 Å². The summed E-state index contributed by atoms with van der Waals surface area (Å²) in [5.41, 5.74) is 3.59. The summed E-state index contributed by atoms with van der Waals surface area (Å²) in [6.07, 6.45) is -9.82. The second kappa shape index (κ2) is 18.3. The first kappa shape index (κ1) is 45.8. The lowest BCUT2D eigenvalue weighted by atomic mass is 9.88. The number of hydrogen-bond acceptors (Lipinski definition) is 5. The minimum Gasteiger partial charge on any atom is -0.308 e. The average molecular weight is 965 g/mol. The number of fused-ring (bicyclic) bond motifs is 3. The van der Waals surface area contributed by atoms with Crippen molar-refractivity contribution in [2.45, 2.75) is 12.4 Å². The molecular formula is C61H34F6N6. The fourth-order valence-electron chi connectivity index (χ4n) is 9.38. The third-order valence-electron chi connectivity index (χ3n) is 12.8. The fourth-order valence-corrected chi connectivity index (χ4v) is 9.38. The summed E-state index contributed by atoms with van der Waals surface area (Å²) in [6, 6.07) is 60.6. The molecule has 0 atom stereocenters. The lowest BCUT2D eigenvalue weighted by Gasteiger charge is -2.24. The van der Waals surface area contributed by atoms with Gasteiger partial charge in [-0.25, -0.2) is 15.0 Å². The van der Waals surface area contributed by atoms with Crippen molar-refractivity contribution in [1.82, 2.24) is 19.5 Å². The summed E-state index contributed by atoms with van der Waals surface area (Å²) >= 11 is 0. The number of hydrogen-bond donors (Lipinski definition) is 0. The molecule has 0 N–H and O–H groups in total. The molecule has 12 heteroatoms. The smallest absolute Gasteiger partial charge is 0.308 e. The number of nitriles is 2. The third-order valence-corrected chi connectivity index (χ3v) is 12.8. The Kier molecular flexibility index (Phi) is 11.5. The molecule has 11 rings (SSSR count). The van der Waals surface area contributed by atoms with Gasteiger partial charge in [-0.3, -0.25) is 0 Å². The van der Waals surface area contributed by atoms with E-state index in [-0.39, 0.29) is 51.0 Å². The Balaban J connectivity index is 1.30. The molecular weight excluding hydrogens is 931 g/mol. The van der Waals surface area contributed by atoms with Crippen molar-refractivity contribution in [2.75, 3.05) is 0 Å². The van der Waals surface area contributed by atoms with Gasteiger partial charge >= 0.3 is 12.4 Å². The van der Waals surface area contributed by atoms with Crippen molar-refractivity contribution in [3.8, 4) is 96.5 Å². The Morgan fingerprint density at radius 2 is 0.699 bits per heavy atom. The van der Waals surface area contributed by atoms with E-state index in [0.29, 0.717) is 44.1 Å². The molecule has 0 bridgehead atoms. The van der Waals surface area contributed by atoms with E-state index in [4.69, 9.17) is 15.0 Å². The Hall–Kier alpha value is -9.65. The van der Waals surface area contributed by atoms with Crippen molar-refractivity contribution in [2.24, 2.45) is 0 Å². The predicted molar refractivity (Wildman–Crippen MR) is 272 cm³/mol. The highest BCUT2D eigenvalue weighted by Crippen LogP contribution is 2.49. The Morgan fingerprint density at radius 1 is 0.342 bits per heavy atom. The third kappa shape index (κ3) is 8.62. The van der Waals surface area contributed by atoms with Gasteiger partial charge in [-0.05, 0) is 106 Å². The molecule has 0 amide bonds. The molecule has 11 aromatic rings. The fraction of sp³-hybridized carbons (Fsp3) is 0.0328. The molecule has 0 aliphatic carbocycles. The topological polar surface area (TPSA) is 91.2 Å². The Morgan fingerprint density at radius 3 is 1.08 bits per heavy atom. The first-order valence-electron chi connectivity index (χ1n) is 22.8. The first-order valence-corrected chi connectivity index (χ1v) is 22.8. The average Bonchev–Trinajstić information content (AvgIpc) is 3.75. The number of alkyl halides is 6. The van der Waals surface area contributed by atoms with E-state index >= 15 is 26.3 Å². The summed E-state index contributed by atoms with van der Waals surface area (Å²) in [6.45, 7) is 0. The van der Waals surface area contributed by atoms with Gasteiger partial charge in [0.2, 0.25) is 0 Å². The van der Waals surface area contributed by atoms with Crippen LogP contribution >= 0.6 is 0 Å². The van der Waals surface area contributed by atoms with Gasteiger partial charge in [0, 0.05) is 38.6 Å². The van der Waals surface area contributed by atoms with E-state index in [1.54, 1.807) is 89.5 Å². The lowest BCUT2D eigenvalue weighted by Crippen LogP contribution is -2.11. The van der Waals surface area contributed by atoms with Crippen LogP contribution in [0.15, 0.2) is 206 Å². The maximum absolute atomic E-state index is 15.5. The summed E-state index contributed by atoms with van der Waals surface area (Å²) < 4.78 is 95.0. The molecule has 6 nitrogen and oxygen atoms in total. The van der Waals surface area contributed by atoms with Crippen LogP contribution in [-0.4, -0.2) is 19.5 Å². The van der Waals surface area contributed by atoms with Crippen LogP contribution in [0.2, 0.25) is 0 Å². The summed E-state index contributed by atoms with van der Waals surface area (Å²) in [5.74, 6) is 0.486. The van der Waals surface area contributed by atoms with Crippen LogP contribution in [0.5, 0.6) is 0 Å². The van der Waals surface area contributed by atoms with Crippen molar-refractivity contribution in [3.05, 3.63) is 229 Å². The number of rotatable bonds is 8. The Bertz CT molecular complexity index is 3750. The molecule has 0 radical (unpaired) electrons. The molecule has 0 fully saturated rings. The van der Waals surface area contributed by atoms with Gasteiger partial charge < -0.3 is 4.57 Å². The zero-order chi connectivity index (χ0) is 50.4. The van der Waals surface area contributed by atoms with Gasteiger partial charge in [0.05, 0.1) is 51.1 Å². The van der Waals surface area contributed by atoms with Crippen LogP contribution in [0, 0.1) is 22.7 Å². The maximum atomic E-state index is 15.5. The van der Waals surface area contributed by atoms with E-state index in [0.717, 1.165) is 34.4 Å². The summed E-state index contributed by atoms with van der Waals surface area (Å²) in [4.78, 5) is 14.6. The zero-order valence-electron chi connectivity index (χ0n) is 38.1. The quantitative estimate of drug-likeness (QED) is 0.142. The van der Waals surface area contributed by atoms with Crippen molar-refractivity contribution >= 4 is 21.8 Å². The highest BCUT2D eigenvalue weighted by molar-refractivity contribution is 6.13. The molecule has 9 aromatic carbocycles. The first-order chi connectivity index (χ1) is 35.4. The lowest BCUT2D eigenvalue weighted by molar-refractivity contribution is -0.137. The van der Waals surface area contributed by atoms with Gasteiger partial charge in [-0.15, -0.1) is 0 Å². The molecule has 2 heterocycles. The van der Waals surface area contributed by atoms with Gasteiger partial charge in [0.15, 0.2) is 17.5 Å². The van der Waals surface area contributed by atoms with Crippen molar-refractivity contribution < 1.29 is 26.3 Å². The van der Waals surface area contributed by atoms with E-state index in [1.807, 2.05) is 60.7 Å². The second-order valence-corrected chi connectivity index (χ2v) is 17.2. The van der Waals surface area contributed by atoms with Crippen LogP contribution in [0.3, 0.4) is 0 Å². The van der Waals surface area contributed by atoms with E-state index < -0.39 is 23.5 Å². The van der Waals surface area contributed by atoms with Gasteiger partial charge in [0.25, 0.3) is 0 Å². The van der Waals surface area contributed by atoms with Crippen LogP contribution in [-0.2, 0) is 12.4 Å². The number of aromatic nitrogens is 4.